The lowest BCUT2D eigenvalue weighted by molar-refractivity contribution is 0.0940. The number of carbonyl (C=O) groups is 1. The predicted molar refractivity (Wildman–Crippen MR) is 94.0 cm³/mol. The van der Waals surface area contributed by atoms with Crippen LogP contribution in [0.5, 0.6) is 0 Å². The number of rotatable bonds is 6. The Bertz CT molecular complexity index is 814. The maximum Gasteiger partial charge on any atom is 0.273 e. The molecular weight excluding hydrogens is 362 g/mol. The van der Waals surface area contributed by atoms with Crippen molar-refractivity contribution in [2.24, 2.45) is 0 Å². The molecule has 25 heavy (non-hydrogen) atoms. The molecule has 1 fully saturated rings. The van der Waals surface area contributed by atoms with Gasteiger partial charge in [-0.25, -0.2) is 8.42 Å². The van der Waals surface area contributed by atoms with Crippen LogP contribution in [0.25, 0.3) is 0 Å². The summed E-state index contributed by atoms with van der Waals surface area (Å²) in [6.07, 6.45) is 3.25. The van der Waals surface area contributed by atoms with E-state index in [0.717, 1.165) is 19.3 Å². The summed E-state index contributed by atoms with van der Waals surface area (Å²) in [4.78, 5) is 12.0. The van der Waals surface area contributed by atoms with Gasteiger partial charge in [0.05, 0.1) is 0 Å². The van der Waals surface area contributed by atoms with Gasteiger partial charge in [0.25, 0.3) is 15.9 Å². The molecule has 0 aromatic carbocycles. The Morgan fingerprint density at radius 3 is 3.00 bits per heavy atom. The van der Waals surface area contributed by atoms with E-state index in [4.69, 9.17) is 4.52 Å². The Kier molecular flexibility index (Phi) is 5.55. The van der Waals surface area contributed by atoms with E-state index < -0.39 is 10.0 Å². The fourth-order valence-corrected chi connectivity index (χ4v) is 5.86. The van der Waals surface area contributed by atoms with Gasteiger partial charge >= 0.3 is 0 Å². The van der Waals surface area contributed by atoms with Crippen LogP contribution in [0, 0.1) is 6.92 Å². The van der Waals surface area contributed by atoms with E-state index in [2.05, 4.69) is 10.5 Å². The summed E-state index contributed by atoms with van der Waals surface area (Å²) in [5.74, 6) is 0.269. The van der Waals surface area contributed by atoms with E-state index in [9.17, 15) is 13.2 Å². The lowest BCUT2D eigenvalue weighted by atomic mass is 10.0. The Labute approximate surface area is 151 Å². The smallest absolute Gasteiger partial charge is 0.273 e. The molecule has 1 amide bonds. The number of nitrogens with one attached hydrogen (secondary N) is 1. The van der Waals surface area contributed by atoms with Crippen LogP contribution in [0.4, 0.5) is 0 Å². The highest BCUT2D eigenvalue weighted by Gasteiger charge is 2.33. The van der Waals surface area contributed by atoms with Crippen molar-refractivity contribution in [3.63, 3.8) is 0 Å². The highest BCUT2D eigenvalue weighted by Crippen LogP contribution is 2.29. The summed E-state index contributed by atoms with van der Waals surface area (Å²) in [5, 5.41) is 8.23. The average molecular weight is 383 g/mol. The van der Waals surface area contributed by atoms with E-state index in [1.165, 1.54) is 11.3 Å². The number of piperidine rings is 1. The molecule has 1 aliphatic heterocycles. The zero-order valence-corrected chi connectivity index (χ0v) is 15.6. The van der Waals surface area contributed by atoms with Gasteiger partial charge in [0, 0.05) is 25.2 Å². The van der Waals surface area contributed by atoms with Gasteiger partial charge in [0.1, 0.15) is 9.97 Å². The van der Waals surface area contributed by atoms with Crippen LogP contribution in [0.15, 0.2) is 32.3 Å². The molecule has 1 aliphatic rings. The topological polar surface area (TPSA) is 92.5 Å². The first-order valence-corrected chi connectivity index (χ1v) is 10.6. The minimum atomic E-state index is -3.46. The first-order chi connectivity index (χ1) is 12.0. The third-order valence-electron chi connectivity index (χ3n) is 4.25. The van der Waals surface area contributed by atoms with E-state index >= 15 is 0 Å². The van der Waals surface area contributed by atoms with Crippen molar-refractivity contribution < 1.29 is 17.7 Å². The standard InChI is InChI=1S/C16H21N3O4S2/c1-12-11-14(18-23-12)16(20)17-8-7-13-5-2-3-9-19(13)25(21,22)15-6-4-10-24-15/h4,6,10-11,13H,2-3,5,7-9H2,1H3,(H,17,20). The number of aromatic nitrogens is 1. The summed E-state index contributed by atoms with van der Waals surface area (Å²) >= 11 is 1.24. The first-order valence-electron chi connectivity index (χ1n) is 8.25. The van der Waals surface area contributed by atoms with Gasteiger partial charge in [-0.3, -0.25) is 4.79 Å². The van der Waals surface area contributed by atoms with Crippen LogP contribution in [0.2, 0.25) is 0 Å². The Morgan fingerprint density at radius 1 is 1.48 bits per heavy atom. The predicted octanol–water partition coefficient (Wildman–Crippen LogP) is 2.41. The molecule has 2 aromatic rings. The fourth-order valence-electron chi connectivity index (χ4n) is 3.02. The summed E-state index contributed by atoms with van der Waals surface area (Å²) in [5.41, 5.74) is 0.240. The lowest BCUT2D eigenvalue weighted by Crippen LogP contribution is -2.44. The molecule has 136 valence electrons. The normalized spacial score (nSPS) is 19.0. The number of sulfonamides is 1. The number of aryl methyl sites for hydroxylation is 1. The molecule has 0 spiro atoms. The van der Waals surface area contributed by atoms with Crippen molar-refractivity contribution in [3.05, 3.63) is 35.0 Å². The third kappa shape index (κ3) is 4.10. The van der Waals surface area contributed by atoms with Crippen LogP contribution >= 0.6 is 11.3 Å². The fraction of sp³-hybridized carbons (Fsp3) is 0.500. The second kappa shape index (κ2) is 7.67. The molecule has 9 heteroatoms. The molecule has 0 radical (unpaired) electrons. The van der Waals surface area contributed by atoms with Gasteiger partial charge in [0.2, 0.25) is 0 Å². The minimum Gasteiger partial charge on any atom is -0.361 e. The highest BCUT2D eigenvalue weighted by atomic mass is 32.2. The van der Waals surface area contributed by atoms with Gasteiger partial charge < -0.3 is 9.84 Å². The largest absolute Gasteiger partial charge is 0.361 e. The van der Waals surface area contributed by atoms with Crippen molar-refractivity contribution in [2.45, 2.75) is 42.9 Å². The SMILES string of the molecule is Cc1cc(C(=O)NCCC2CCCCN2S(=O)(=O)c2cccs2)no1. The monoisotopic (exact) mass is 383 g/mol. The Balaban J connectivity index is 1.61. The van der Waals surface area contributed by atoms with Crippen molar-refractivity contribution in [1.29, 1.82) is 0 Å². The molecule has 0 bridgehead atoms. The number of nitrogens with zero attached hydrogens (tertiary/aromatic N) is 2. The summed E-state index contributed by atoms with van der Waals surface area (Å²) in [6.45, 7) is 2.65. The summed E-state index contributed by atoms with van der Waals surface area (Å²) in [7, 11) is -3.46. The number of hydrogen-bond donors (Lipinski definition) is 1. The summed E-state index contributed by atoms with van der Waals surface area (Å²) in [6, 6.07) is 4.86. The maximum atomic E-state index is 12.8. The highest BCUT2D eigenvalue weighted by molar-refractivity contribution is 7.91. The molecule has 2 aromatic heterocycles. The molecule has 7 nitrogen and oxygen atoms in total. The minimum absolute atomic E-state index is 0.0970. The molecule has 3 heterocycles. The Morgan fingerprint density at radius 2 is 2.32 bits per heavy atom. The second-order valence-electron chi connectivity index (χ2n) is 6.06. The average Bonchev–Trinajstić information content (AvgIpc) is 3.27. The zero-order chi connectivity index (χ0) is 17.9. The molecule has 0 saturated carbocycles. The number of amides is 1. The van der Waals surface area contributed by atoms with Crippen molar-refractivity contribution in [2.75, 3.05) is 13.1 Å². The number of carbonyl (C=O) groups excluding carboxylic acids is 1. The first kappa shape index (κ1) is 18.1. The molecule has 1 unspecified atom stereocenters. The van der Waals surface area contributed by atoms with E-state index in [1.807, 2.05) is 0 Å². The summed E-state index contributed by atoms with van der Waals surface area (Å²) < 4.78 is 32.5. The Hall–Kier alpha value is -1.71. The van der Waals surface area contributed by atoms with Crippen LogP contribution in [0.1, 0.15) is 41.9 Å². The zero-order valence-electron chi connectivity index (χ0n) is 14.0. The number of hydrogen-bond acceptors (Lipinski definition) is 6. The molecule has 0 aliphatic carbocycles. The maximum absolute atomic E-state index is 12.8. The number of thiophene rings is 1. The van der Waals surface area contributed by atoms with Crippen molar-refractivity contribution in [3.8, 4) is 0 Å². The van der Waals surface area contributed by atoms with Crippen molar-refractivity contribution in [1.82, 2.24) is 14.8 Å². The quantitative estimate of drug-likeness (QED) is 0.827. The van der Waals surface area contributed by atoms with Gasteiger partial charge in [-0.05, 0) is 37.6 Å². The van der Waals surface area contributed by atoms with Gasteiger partial charge in [-0.1, -0.05) is 17.6 Å². The van der Waals surface area contributed by atoms with Crippen molar-refractivity contribution >= 4 is 27.3 Å². The molecule has 3 rings (SSSR count). The van der Waals surface area contributed by atoms with E-state index in [1.54, 1.807) is 34.8 Å². The van der Waals surface area contributed by atoms with Crippen LogP contribution < -0.4 is 5.32 Å². The lowest BCUT2D eigenvalue weighted by Gasteiger charge is -2.34. The van der Waals surface area contributed by atoms with E-state index in [-0.39, 0.29) is 17.6 Å². The van der Waals surface area contributed by atoms with Gasteiger partial charge in [-0.2, -0.15) is 4.31 Å². The molecule has 1 N–H and O–H groups in total. The van der Waals surface area contributed by atoms with Crippen LogP contribution in [0.3, 0.4) is 0 Å². The second-order valence-corrected chi connectivity index (χ2v) is 9.13. The van der Waals surface area contributed by atoms with Gasteiger partial charge in [0.15, 0.2) is 5.69 Å². The van der Waals surface area contributed by atoms with Crippen LogP contribution in [-0.2, 0) is 10.0 Å². The molecular formula is C16H21N3O4S2. The van der Waals surface area contributed by atoms with Crippen LogP contribution in [-0.4, -0.2) is 42.9 Å². The van der Waals surface area contributed by atoms with Gasteiger partial charge in [-0.15, -0.1) is 11.3 Å². The van der Waals surface area contributed by atoms with E-state index in [0.29, 0.717) is 29.5 Å². The molecule has 1 saturated heterocycles. The molecule has 1 atom stereocenters. The third-order valence-corrected chi connectivity index (χ3v) is 7.58.